The Bertz CT molecular complexity index is 433. The molecular weight excluding hydrogens is 219 g/mol. The van der Waals surface area contributed by atoms with Crippen molar-refractivity contribution in [2.45, 2.75) is 26.3 Å². The van der Waals surface area contributed by atoms with E-state index < -0.39 is 0 Å². The summed E-state index contributed by atoms with van der Waals surface area (Å²) in [5.41, 5.74) is 1.36. The van der Waals surface area contributed by atoms with Gasteiger partial charge in [-0.05, 0) is 37.6 Å². The average molecular weight is 236 g/mol. The molecule has 0 aromatic heterocycles. The molecule has 1 fully saturated rings. The maximum atomic E-state index is 13.7. The summed E-state index contributed by atoms with van der Waals surface area (Å²) in [6, 6.07) is 4.68. The fourth-order valence-corrected chi connectivity index (χ4v) is 2.18. The number of aryl methyl sites for hydroxylation is 1. The van der Waals surface area contributed by atoms with Gasteiger partial charge in [0.2, 0.25) is 5.91 Å². The van der Waals surface area contributed by atoms with Crippen LogP contribution in [0, 0.1) is 12.7 Å². The Morgan fingerprint density at radius 1 is 1.53 bits per heavy atom. The number of carbonyl (C=O) groups excluding carboxylic acids is 1. The lowest BCUT2D eigenvalue weighted by Gasteiger charge is -2.18. The number of likely N-dealkylation sites (N-methyl/N-ethyl adjacent to an activating group) is 1. The van der Waals surface area contributed by atoms with Crippen molar-refractivity contribution >= 4 is 11.6 Å². The number of hydrogen-bond acceptors (Lipinski definition) is 2. The first-order chi connectivity index (χ1) is 8.13. The van der Waals surface area contributed by atoms with E-state index in [0.717, 1.165) is 18.5 Å². The Labute approximate surface area is 101 Å². The van der Waals surface area contributed by atoms with Crippen molar-refractivity contribution in [2.75, 3.05) is 18.0 Å². The molecule has 1 aromatic carbocycles. The molecule has 1 heterocycles. The minimum Gasteiger partial charge on any atom is -0.308 e. The van der Waals surface area contributed by atoms with E-state index in [0.29, 0.717) is 12.2 Å². The number of carbonyl (C=O) groups is 1. The van der Waals surface area contributed by atoms with Crippen LogP contribution in [0.1, 0.15) is 18.9 Å². The number of rotatable bonds is 3. The molecule has 0 spiro atoms. The standard InChI is InChI=1S/C13H17FN2O/c1-3-15-11-6-7-16(13(11)17)12-8-9(2)4-5-10(12)14/h4-5,8,11,15H,3,6-7H2,1-2H3. The van der Waals surface area contributed by atoms with E-state index >= 15 is 0 Å². The van der Waals surface area contributed by atoms with Crippen LogP contribution >= 0.6 is 0 Å². The highest BCUT2D eigenvalue weighted by molar-refractivity contribution is 5.99. The van der Waals surface area contributed by atoms with E-state index in [2.05, 4.69) is 5.32 Å². The molecule has 17 heavy (non-hydrogen) atoms. The predicted molar refractivity (Wildman–Crippen MR) is 65.6 cm³/mol. The summed E-state index contributed by atoms with van der Waals surface area (Å²) in [5, 5.41) is 3.11. The second-order valence-electron chi connectivity index (χ2n) is 4.34. The minimum absolute atomic E-state index is 0.0312. The van der Waals surface area contributed by atoms with E-state index in [-0.39, 0.29) is 17.8 Å². The number of anilines is 1. The van der Waals surface area contributed by atoms with Crippen molar-refractivity contribution in [1.29, 1.82) is 0 Å². The van der Waals surface area contributed by atoms with Crippen LogP contribution in [0.2, 0.25) is 0 Å². The van der Waals surface area contributed by atoms with Crippen LogP contribution in [-0.4, -0.2) is 25.0 Å². The molecule has 0 bridgehead atoms. The van der Waals surface area contributed by atoms with Crippen LogP contribution in [0.5, 0.6) is 0 Å². The normalized spacial score (nSPS) is 20.1. The van der Waals surface area contributed by atoms with Gasteiger partial charge in [-0.1, -0.05) is 13.0 Å². The first-order valence-electron chi connectivity index (χ1n) is 5.94. The third-order valence-electron chi connectivity index (χ3n) is 3.05. The van der Waals surface area contributed by atoms with Crippen molar-refractivity contribution in [3.63, 3.8) is 0 Å². The van der Waals surface area contributed by atoms with E-state index in [1.54, 1.807) is 12.1 Å². The number of nitrogens with zero attached hydrogens (tertiary/aromatic N) is 1. The second kappa shape index (κ2) is 4.84. The van der Waals surface area contributed by atoms with Crippen molar-refractivity contribution in [3.8, 4) is 0 Å². The number of hydrogen-bond donors (Lipinski definition) is 1. The van der Waals surface area contributed by atoms with E-state index in [4.69, 9.17) is 0 Å². The van der Waals surface area contributed by atoms with E-state index in [1.807, 2.05) is 13.8 Å². The van der Waals surface area contributed by atoms with Gasteiger partial charge in [0.15, 0.2) is 0 Å². The van der Waals surface area contributed by atoms with Gasteiger partial charge in [0.1, 0.15) is 5.82 Å². The lowest BCUT2D eigenvalue weighted by Crippen LogP contribution is -2.38. The number of amides is 1. The zero-order valence-electron chi connectivity index (χ0n) is 10.2. The molecule has 3 nitrogen and oxygen atoms in total. The molecule has 1 N–H and O–H groups in total. The third kappa shape index (κ3) is 2.31. The quantitative estimate of drug-likeness (QED) is 0.868. The Hall–Kier alpha value is -1.42. The zero-order chi connectivity index (χ0) is 12.4. The molecule has 0 radical (unpaired) electrons. The fourth-order valence-electron chi connectivity index (χ4n) is 2.18. The average Bonchev–Trinajstić information content (AvgIpc) is 2.65. The third-order valence-corrected chi connectivity index (χ3v) is 3.05. The van der Waals surface area contributed by atoms with Crippen LogP contribution in [0.25, 0.3) is 0 Å². The Morgan fingerprint density at radius 3 is 3.00 bits per heavy atom. The Balaban J connectivity index is 2.24. The molecule has 1 unspecified atom stereocenters. The summed E-state index contributed by atoms with van der Waals surface area (Å²) < 4.78 is 13.7. The van der Waals surface area contributed by atoms with Crippen molar-refractivity contribution in [3.05, 3.63) is 29.6 Å². The molecule has 2 rings (SSSR count). The summed E-state index contributed by atoms with van der Waals surface area (Å²) in [6.07, 6.45) is 0.736. The van der Waals surface area contributed by atoms with Gasteiger partial charge in [-0.2, -0.15) is 0 Å². The molecule has 1 aliphatic heterocycles. The molecule has 0 aliphatic carbocycles. The van der Waals surface area contributed by atoms with E-state index in [9.17, 15) is 9.18 Å². The number of benzene rings is 1. The van der Waals surface area contributed by atoms with Gasteiger partial charge < -0.3 is 10.2 Å². The maximum Gasteiger partial charge on any atom is 0.244 e. The maximum absolute atomic E-state index is 13.7. The Morgan fingerprint density at radius 2 is 2.29 bits per heavy atom. The van der Waals surface area contributed by atoms with Crippen molar-refractivity contribution < 1.29 is 9.18 Å². The molecule has 0 saturated carbocycles. The van der Waals surface area contributed by atoms with Crippen molar-refractivity contribution in [2.24, 2.45) is 0 Å². The molecule has 4 heteroatoms. The largest absolute Gasteiger partial charge is 0.308 e. The molecule has 92 valence electrons. The monoisotopic (exact) mass is 236 g/mol. The summed E-state index contributed by atoms with van der Waals surface area (Å²) in [7, 11) is 0. The van der Waals surface area contributed by atoms with Gasteiger partial charge >= 0.3 is 0 Å². The Kier molecular flexibility index (Phi) is 3.43. The smallest absolute Gasteiger partial charge is 0.244 e. The SMILES string of the molecule is CCNC1CCN(c2cc(C)ccc2F)C1=O. The first-order valence-corrected chi connectivity index (χ1v) is 5.94. The highest BCUT2D eigenvalue weighted by atomic mass is 19.1. The number of halogens is 1. The van der Waals surface area contributed by atoms with Crippen LogP contribution in [0.3, 0.4) is 0 Å². The minimum atomic E-state index is -0.332. The summed E-state index contributed by atoms with van der Waals surface area (Å²) >= 11 is 0. The van der Waals surface area contributed by atoms with Gasteiger partial charge in [0.05, 0.1) is 11.7 Å². The first kappa shape index (κ1) is 12.0. The van der Waals surface area contributed by atoms with Crippen LogP contribution in [0.4, 0.5) is 10.1 Å². The summed E-state index contributed by atoms with van der Waals surface area (Å²) in [5.74, 6) is -0.363. The second-order valence-corrected chi connectivity index (χ2v) is 4.34. The molecule has 1 aliphatic rings. The lowest BCUT2D eigenvalue weighted by atomic mass is 10.2. The molecule has 1 saturated heterocycles. The van der Waals surface area contributed by atoms with Crippen LogP contribution in [-0.2, 0) is 4.79 Å². The van der Waals surface area contributed by atoms with Gasteiger partial charge in [-0.3, -0.25) is 4.79 Å². The topological polar surface area (TPSA) is 32.3 Å². The van der Waals surface area contributed by atoms with Gasteiger partial charge in [0.25, 0.3) is 0 Å². The predicted octanol–water partition coefficient (Wildman–Crippen LogP) is 1.85. The summed E-state index contributed by atoms with van der Waals surface area (Å²) in [6.45, 7) is 5.19. The van der Waals surface area contributed by atoms with Gasteiger partial charge in [-0.25, -0.2) is 4.39 Å². The fraction of sp³-hybridized carbons (Fsp3) is 0.462. The lowest BCUT2D eigenvalue weighted by molar-refractivity contribution is -0.118. The van der Waals surface area contributed by atoms with Gasteiger partial charge in [-0.15, -0.1) is 0 Å². The molecule has 1 atom stereocenters. The number of nitrogens with one attached hydrogen (secondary N) is 1. The molecular formula is C13H17FN2O. The van der Waals surface area contributed by atoms with Crippen LogP contribution in [0.15, 0.2) is 18.2 Å². The highest BCUT2D eigenvalue weighted by Gasteiger charge is 2.32. The van der Waals surface area contributed by atoms with Gasteiger partial charge in [0, 0.05) is 6.54 Å². The molecule has 1 aromatic rings. The summed E-state index contributed by atoms with van der Waals surface area (Å²) in [4.78, 5) is 13.6. The van der Waals surface area contributed by atoms with Crippen molar-refractivity contribution in [1.82, 2.24) is 5.32 Å². The highest BCUT2D eigenvalue weighted by Crippen LogP contribution is 2.25. The zero-order valence-corrected chi connectivity index (χ0v) is 10.2. The molecule has 1 amide bonds. The van der Waals surface area contributed by atoms with Crippen LogP contribution < -0.4 is 10.2 Å². The van der Waals surface area contributed by atoms with E-state index in [1.165, 1.54) is 11.0 Å².